The molecule has 3 rings (SSSR count). The van der Waals surface area contributed by atoms with E-state index in [-0.39, 0.29) is 119 Å². The molecule has 0 saturated carbocycles. The molecule has 33 nitrogen and oxygen atoms in total. The van der Waals surface area contributed by atoms with Crippen LogP contribution in [0.5, 0.6) is 5.75 Å². The zero-order valence-electron chi connectivity index (χ0n) is 51.6. The molecule has 1 saturated heterocycles. The topological polar surface area (TPSA) is 565 Å². The second kappa shape index (κ2) is 40.6. The zero-order chi connectivity index (χ0) is 68.5. The number of likely N-dealkylation sites (tertiary alicyclic amines) is 1. The minimum absolute atomic E-state index is 0.00355. The summed E-state index contributed by atoms with van der Waals surface area (Å²) in [6.07, 6.45) is 1.05. The number of aromatic hydroxyl groups is 1. The van der Waals surface area contributed by atoms with Crippen molar-refractivity contribution in [1.82, 2.24) is 52.8 Å². The number of primary amides is 1. The highest BCUT2D eigenvalue weighted by Gasteiger charge is 2.40. The maximum atomic E-state index is 14.6. The van der Waals surface area contributed by atoms with Crippen molar-refractivity contribution >= 4 is 108 Å². The summed E-state index contributed by atoms with van der Waals surface area (Å²) in [4.78, 5) is 164. The number of thiol groups is 2. The quantitative estimate of drug-likeness (QED) is 0.0128. The Bertz CT molecular complexity index is 2900. The van der Waals surface area contributed by atoms with E-state index in [1.165, 1.54) is 17.0 Å². The lowest BCUT2D eigenvalue weighted by Gasteiger charge is -2.32. The van der Waals surface area contributed by atoms with E-state index in [4.69, 9.17) is 45.9 Å². The average molecular weight is 1330 g/mol. The minimum Gasteiger partial charge on any atom is -0.508 e. The Hall–Kier alpha value is -9.12. The summed E-state index contributed by atoms with van der Waals surface area (Å²) >= 11 is 8.42. The molecule has 10 atom stereocenters. The summed E-state index contributed by atoms with van der Waals surface area (Å²) in [7, 11) is 0. The normalized spacial score (nSPS) is 15.4. The molecule has 92 heavy (non-hydrogen) atoms. The number of amides is 11. The number of nitrogens with one attached hydrogen (secondary N) is 9. The lowest BCUT2D eigenvalue weighted by molar-refractivity contribution is -0.142. The predicted octanol–water partition coefficient (Wildman–Crippen LogP) is -6.33. The number of hydrogen-bond donors (Lipinski definition) is 20. The van der Waals surface area contributed by atoms with Crippen LogP contribution in [0.4, 0.5) is 0 Å². The minimum atomic E-state index is -1.46. The van der Waals surface area contributed by atoms with E-state index in [1.54, 1.807) is 56.3 Å². The lowest BCUT2D eigenvalue weighted by Crippen LogP contribution is -2.61. The van der Waals surface area contributed by atoms with E-state index in [1.807, 2.05) is 0 Å². The van der Waals surface area contributed by atoms with Gasteiger partial charge in [0.1, 0.15) is 54.1 Å². The molecule has 1 aliphatic rings. The number of aliphatic imine (C=N–C) groups is 3. The van der Waals surface area contributed by atoms with Crippen LogP contribution in [0.25, 0.3) is 0 Å². The highest BCUT2D eigenvalue weighted by molar-refractivity contribution is 7.80. The highest BCUT2D eigenvalue weighted by atomic mass is 32.1. The first kappa shape index (κ1) is 77.1. The number of guanidine groups is 3. The summed E-state index contributed by atoms with van der Waals surface area (Å²) < 4.78 is 0. The van der Waals surface area contributed by atoms with E-state index in [2.05, 4.69) is 88.1 Å². The fourth-order valence-corrected chi connectivity index (χ4v) is 9.86. The number of hydrogen-bond acceptors (Lipinski definition) is 18. The third kappa shape index (κ3) is 28.0. The van der Waals surface area contributed by atoms with Crippen LogP contribution in [0.1, 0.15) is 82.8 Å². The van der Waals surface area contributed by atoms with Gasteiger partial charge in [-0.15, -0.1) is 0 Å². The molecule has 26 N–H and O–H groups in total. The van der Waals surface area contributed by atoms with E-state index < -0.39 is 138 Å². The number of carbonyl (C=O) groups is 11. The maximum absolute atomic E-state index is 14.6. The third-order valence-electron chi connectivity index (χ3n) is 14.5. The van der Waals surface area contributed by atoms with Gasteiger partial charge < -0.3 is 104 Å². The molecule has 35 heteroatoms. The molecule has 0 aromatic heterocycles. The van der Waals surface area contributed by atoms with Crippen molar-refractivity contribution in [2.75, 3.05) is 50.8 Å². The van der Waals surface area contributed by atoms with Crippen molar-refractivity contribution in [2.24, 2.45) is 66.8 Å². The van der Waals surface area contributed by atoms with Crippen molar-refractivity contribution in [3.8, 4) is 5.75 Å². The molecular weight excluding hydrogens is 1230 g/mol. The number of phenols is 1. The molecule has 1 aliphatic heterocycles. The van der Waals surface area contributed by atoms with Crippen LogP contribution in [0.2, 0.25) is 0 Å². The smallest absolute Gasteiger partial charge is 0.245 e. The molecule has 0 bridgehead atoms. The first-order valence-corrected chi connectivity index (χ1v) is 31.2. The van der Waals surface area contributed by atoms with Gasteiger partial charge in [-0.1, -0.05) is 62.7 Å². The van der Waals surface area contributed by atoms with Crippen molar-refractivity contribution in [3.05, 3.63) is 65.7 Å². The SMILES string of the molecule is CC[C@H](C)[C@H](NC(=O)[C@H](CCCN=C(N)N)NC(=O)[C@H](CCCN=C(N)N)NC(=O)[C@H](CS)NC(=O)[C@H](Cc1ccccc1)NC(=O)CNC(=O)CNC(=O)[C@@H](N)Cc1ccc(O)cc1)C(=O)N[C@@H](CCCN=C(N)N)C(=O)N1CCC[C@H]1C(=O)N[C@H](CS)C(N)=O. The van der Waals surface area contributed by atoms with E-state index in [0.29, 0.717) is 24.0 Å². The van der Waals surface area contributed by atoms with Gasteiger partial charge in [0, 0.05) is 44.1 Å². The van der Waals surface area contributed by atoms with Crippen LogP contribution in [-0.4, -0.2) is 198 Å². The molecule has 1 heterocycles. The molecule has 0 spiro atoms. The Morgan fingerprint density at radius 1 is 0.554 bits per heavy atom. The van der Waals surface area contributed by atoms with E-state index in [9.17, 15) is 57.8 Å². The highest BCUT2D eigenvalue weighted by Crippen LogP contribution is 2.21. The average Bonchev–Trinajstić information content (AvgIpc) is 1.65. The zero-order valence-corrected chi connectivity index (χ0v) is 53.4. The predicted molar refractivity (Wildman–Crippen MR) is 350 cm³/mol. The molecule has 508 valence electrons. The number of benzene rings is 2. The first-order chi connectivity index (χ1) is 43.7. The van der Waals surface area contributed by atoms with Crippen molar-refractivity contribution in [2.45, 2.75) is 139 Å². The Balaban J connectivity index is 1.87. The van der Waals surface area contributed by atoms with Crippen molar-refractivity contribution in [1.29, 1.82) is 0 Å². The molecule has 2 aromatic carbocycles. The summed E-state index contributed by atoms with van der Waals surface area (Å²) in [6, 6.07) is 3.04. The first-order valence-electron chi connectivity index (χ1n) is 29.9. The van der Waals surface area contributed by atoms with Crippen molar-refractivity contribution < 1.29 is 57.8 Å². The standard InChI is InChI=1S/C57H91N21O12S2/c1-3-31(2)45(53(89)74-38(15-9-23-68-57(64)65)54(90)78-24-10-16-42(78)52(88)75-40(29-91)46(59)82)77-49(85)37(14-8-22-67-56(62)63)72-48(84)36(13-7-21-66-55(60)61)73-51(87)41(30-92)76-50(86)39(26-32-11-5-4-6-12-32)71-44(81)28-69-43(80)27-70-47(83)35(58)25-33-17-19-34(79)20-18-33/h4-6,11-12,17-20,31,35-42,45,79,91-92H,3,7-10,13-16,21-30,58H2,1-2H3,(H2,59,82)(H,69,80)(H,70,83)(H,71,81)(H,72,84)(H,73,87)(H,74,89)(H,75,88)(H,76,86)(H,77,85)(H4,60,61,66)(H4,62,63,67)(H4,64,65,68)/t31-,35-,36-,37-,38-,39-,40+,41-,42-,45-/m0/s1. The van der Waals surface area contributed by atoms with Crippen LogP contribution in [0.3, 0.4) is 0 Å². The Morgan fingerprint density at radius 2 is 1.03 bits per heavy atom. The Kier molecular flexibility index (Phi) is 34.0. The maximum Gasteiger partial charge on any atom is 0.245 e. The van der Waals surface area contributed by atoms with Gasteiger partial charge in [0.05, 0.1) is 19.1 Å². The summed E-state index contributed by atoms with van der Waals surface area (Å²) in [6.45, 7) is 2.43. The van der Waals surface area contributed by atoms with Gasteiger partial charge in [0.2, 0.25) is 65.0 Å². The van der Waals surface area contributed by atoms with Gasteiger partial charge in [-0.3, -0.25) is 67.7 Å². The molecule has 0 radical (unpaired) electrons. The molecule has 0 aliphatic carbocycles. The van der Waals surface area contributed by atoms with E-state index >= 15 is 0 Å². The van der Waals surface area contributed by atoms with Gasteiger partial charge in [-0.2, -0.15) is 25.3 Å². The number of carbonyl (C=O) groups excluding carboxylic acids is 11. The van der Waals surface area contributed by atoms with Crippen LogP contribution >= 0.6 is 25.3 Å². The number of phenolic OH excluding ortho intramolecular Hbond substituents is 1. The lowest BCUT2D eigenvalue weighted by atomic mass is 9.96. The van der Waals surface area contributed by atoms with Crippen LogP contribution in [0, 0.1) is 5.92 Å². The van der Waals surface area contributed by atoms with Crippen LogP contribution in [-0.2, 0) is 65.6 Å². The number of rotatable bonds is 40. The van der Waals surface area contributed by atoms with E-state index in [0.717, 1.165) is 0 Å². The summed E-state index contributed by atoms with van der Waals surface area (Å²) in [5, 5.41) is 32.8. The Labute approximate surface area is 544 Å². The molecular formula is C57H91N21O12S2. The largest absolute Gasteiger partial charge is 0.508 e. The molecule has 2 aromatic rings. The van der Waals surface area contributed by atoms with Crippen molar-refractivity contribution in [3.63, 3.8) is 0 Å². The summed E-state index contributed by atoms with van der Waals surface area (Å²) in [5.41, 5.74) is 46.1. The van der Waals surface area contributed by atoms with Crippen LogP contribution in [0.15, 0.2) is 69.6 Å². The van der Waals surface area contributed by atoms with Gasteiger partial charge in [0.25, 0.3) is 0 Å². The van der Waals surface area contributed by atoms with Gasteiger partial charge in [-0.05, 0) is 87.0 Å². The summed E-state index contributed by atoms with van der Waals surface area (Å²) in [5.74, 6) is -10.4. The Morgan fingerprint density at radius 3 is 1.55 bits per heavy atom. The number of nitrogens with zero attached hydrogens (tertiary/aromatic N) is 4. The van der Waals surface area contributed by atoms with Gasteiger partial charge >= 0.3 is 0 Å². The second-order valence-corrected chi connectivity index (χ2v) is 22.5. The van der Waals surface area contributed by atoms with Gasteiger partial charge in [-0.25, -0.2) is 0 Å². The number of nitrogens with two attached hydrogens (primary N) is 8. The molecule has 11 amide bonds. The third-order valence-corrected chi connectivity index (χ3v) is 15.3. The van der Waals surface area contributed by atoms with Gasteiger partial charge in [0.15, 0.2) is 17.9 Å². The fourth-order valence-electron chi connectivity index (χ4n) is 9.33. The monoisotopic (exact) mass is 1330 g/mol. The molecule has 0 unspecified atom stereocenters. The molecule has 1 fully saturated rings. The fraction of sp³-hybridized carbons (Fsp3) is 0.544. The second-order valence-electron chi connectivity index (χ2n) is 21.8. The van der Waals surface area contributed by atoms with Crippen LogP contribution < -0.4 is 93.7 Å².